The van der Waals surface area contributed by atoms with Crippen LogP contribution in [0.2, 0.25) is 0 Å². The topological polar surface area (TPSA) is 87.5 Å². The molecular formula is C14H22N4O3. The maximum Gasteiger partial charge on any atom is 0.326 e. The number of nitrogens with zero attached hydrogens (tertiary/aromatic N) is 3. The highest BCUT2D eigenvalue weighted by Gasteiger charge is 2.34. The van der Waals surface area contributed by atoms with Crippen molar-refractivity contribution in [3.63, 3.8) is 0 Å². The summed E-state index contributed by atoms with van der Waals surface area (Å²) in [5.74, 6) is -0.577. The quantitative estimate of drug-likeness (QED) is 0.798. The van der Waals surface area contributed by atoms with E-state index in [0.717, 1.165) is 19.4 Å². The summed E-state index contributed by atoms with van der Waals surface area (Å²) in [6.07, 6.45) is 7.47. The van der Waals surface area contributed by atoms with Crippen LogP contribution in [0.5, 0.6) is 0 Å². The number of carboxylic acids is 1. The first kappa shape index (κ1) is 15.3. The molecule has 2 heterocycles. The van der Waals surface area contributed by atoms with E-state index in [9.17, 15) is 14.7 Å². The van der Waals surface area contributed by atoms with E-state index >= 15 is 0 Å². The Bertz CT molecular complexity index is 475. The molecule has 2 atom stereocenters. The van der Waals surface area contributed by atoms with Crippen molar-refractivity contribution in [2.45, 2.75) is 38.8 Å². The molecule has 1 aromatic heterocycles. The van der Waals surface area contributed by atoms with E-state index in [4.69, 9.17) is 0 Å². The van der Waals surface area contributed by atoms with Gasteiger partial charge in [-0.3, -0.25) is 0 Å². The highest BCUT2D eigenvalue weighted by molar-refractivity contribution is 5.82. The number of aryl methyl sites for hydroxylation is 1. The summed E-state index contributed by atoms with van der Waals surface area (Å²) in [6.45, 7) is 3.83. The van der Waals surface area contributed by atoms with Crippen LogP contribution in [0.3, 0.4) is 0 Å². The predicted molar refractivity (Wildman–Crippen MR) is 76.8 cm³/mol. The minimum absolute atomic E-state index is 0.278. The van der Waals surface area contributed by atoms with Gasteiger partial charge in [0.25, 0.3) is 0 Å². The average molecular weight is 294 g/mol. The number of nitrogens with one attached hydrogen (secondary N) is 1. The number of hydrogen-bond acceptors (Lipinski definition) is 3. The second kappa shape index (κ2) is 7.10. The molecule has 7 nitrogen and oxygen atoms in total. The Hall–Kier alpha value is -2.05. The Labute approximate surface area is 124 Å². The maximum atomic E-state index is 12.1. The van der Waals surface area contributed by atoms with Gasteiger partial charge in [-0.1, -0.05) is 6.92 Å². The lowest BCUT2D eigenvalue weighted by Gasteiger charge is -2.35. The van der Waals surface area contributed by atoms with Gasteiger partial charge in [0.05, 0.1) is 6.33 Å². The summed E-state index contributed by atoms with van der Waals surface area (Å²) in [4.78, 5) is 28.8. The Balaban J connectivity index is 1.77. The number of carbonyl (C=O) groups is 2. The molecule has 1 fully saturated rings. The third-order valence-corrected chi connectivity index (χ3v) is 3.84. The van der Waals surface area contributed by atoms with Gasteiger partial charge in [0.2, 0.25) is 0 Å². The number of carbonyl (C=O) groups excluding carboxylic acids is 1. The zero-order valence-corrected chi connectivity index (χ0v) is 12.2. The molecule has 2 unspecified atom stereocenters. The molecule has 2 N–H and O–H groups in total. The number of aromatic nitrogens is 2. The molecule has 21 heavy (non-hydrogen) atoms. The molecule has 0 bridgehead atoms. The monoisotopic (exact) mass is 294 g/mol. The molecule has 0 saturated carbocycles. The number of piperidine rings is 1. The van der Waals surface area contributed by atoms with E-state index in [2.05, 4.69) is 10.3 Å². The SMILES string of the molecule is CC1CCN(C(=O)NCCCn2ccnc2)C(C(=O)O)C1. The zero-order chi connectivity index (χ0) is 15.2. The van der Waals surface area contributed by atoms with Crippen LogP contribution in [0.15, 0.2) is 18.7 Å². The van der Waals surface area contributed by atoms with E-state index in [1.165, 1.54) is 4.90 Å². The van der Waals surface area contributed by atoms with Gasteiger partial charge in [-0.25, -0.2) is 14.6 Å². The summed E-state index contributed by atoms with van der Waals surface area (Å²) in [5.41, 5.74) is 0. The van der Waals surface area contributed by atoms with Gasteiger partial charge in [0.15, 0.2) is 0 Å². The van der Waals surface area contributed by atoms with Crippen LogP contribution in [0.4, 0.5) is 4.79 Å². The smallest absolute Gasteiger partial charge is 0.326 e. The van der Waals surface area contributed by atoms with E-state index in [1.807, 2.05) is 17.7 Å². The van der Waals surface area contributed by atoms with Crippen molar-refractivity contribution >= 4 is 12.0 Å². The lowest BCUT2D eigenvalue weighted by Crippen LogP contribution is -2.53. The molecule has 0 spiro atoms. The van der Waals surface area contributed by atoms with Crippen molar-refractivity contribution in [2.24, 2.45) is 5.92 Å². The first-order chi connectivity index (χ1) is 10.1. The van der Waals surface area contributed by atoms with Crippen LogP contribution in [-0.2, 0) is 11.3 Å². The van der Waals surface area contributed by atoms with Crippen molar-refractivity contribution in [1.29, 1.82) is 0 Å². The normalized spacial score (nSPS) is 22.0. The molecule has 2 rings (SSSR count). The average Bonchev–Trinajstić information content (AvgIpc) is 2.96. The number of imidazole rings is 1. The summed E-state index contributed by atoms with van der Waals surface area (Å²) >= 11 is 0. The number of rotatable bonds is 5. The summed E-state index contributed by atoms with van der Waals surface area (Å²) in [5, 5.41) is 12.0. The molecular weight excluding hydrogens is 272 g/mol. The van der Waals surface area contributed by atoms with Gasteiger partial charge in [-0.05, 0) is 25.2 Å². The fourth-order valence-corrected chi connectivity index (χ4v) is 2.60. The van der Waals surface area contributed by atoms with Gasteiger partial charge < -0.3 is 19.9 Å². The van der Waals surface area contributed by atoms with Crippen LogP contribution in [0.1, 0.15) is 26.2 Å². The van der Waals surface area contributed by atoms with E-state index in [-0.39, 0.29) is 6.03 Å². The third kappa shape index (κ3) is 4.21. The van der Waals surface area contributed by atoms with E-state index in [1.54, 1.807) is 12.5 Å². The van der Waals surface area contributed by atoms with Gasteiger partial charge >= 0.3 is 12.0 Å². The van der Waals surface area contributed by atoms with Crippen LogP contribution in [0, 0.1) is 5.92 Å². The predicted octanol–water partition coefficient (Wildman–Crippen LogP) is 1.17. The number of urea groups is 1. The highest BCUT2D eigenvalue weighted by Crippen LogP contribution is 2.22. The standard InChI is InChI=1S/C14H22N4O3/c1-11-3-7-18(12(9-11)13(19)20)14(21)16-4-2-6-17-8-5-15-10-17/h5,8,10-12H,2-4,6-7,9H2,1H3,(H,16,21)(H,19,20). The molecule has 0 radical (unpaired) electrons. The first-order valence-corrected chi connectivity index (χ1v) is 7.31. The Kier molecular flexibility index (Phi) is 5.19. The fourth-order valence-electron chi connectivity index (χ4n) is 2.60. The van der Waals surface area contributed by atoms with Crippen molar-refractivity contribution in [3.05, 3.63) is 18.7 Å². The second-order valence-corrected chi connectivity index (χ2v) is 5.56. The molecule has 1 aliphatic rings. The second-order valence-electron chi connectivity index (χ2n) is 5.56. The van der Waals surface area contributed by atoms with Crippen molar-refractivity contribution in [2.75, 3.05) is 13.1 Å². The van der Waals surface area contributed by atoms with Gasteiger partial charge in [-0.15, -0.1) is 0 Å². The first-order valence-electron chi connectivity index (χ1n) is 7.31. The van der Waals surface area contributed by atoms with Crippen LogP contribution in [-0.4, -0.2) is 50.7 Å². The molecule has 1 saturated heterocycles. The molecule has 116 valence electrons. The summed E-state index contributed by atoms with van der Waals surface area (Å²) < 4.78 is 1.94. The number of likely N-dealkylation sites (tertiary alicyclic amines) is 1. The number of aliphatic carboxylic acids is 1. The lowest BCUT2D eigenvalue weighted by atomic mass is 9.93. The van der Waals surface area contributed by atoms with Gasteiger partial charge in [0, 0.05) is 32.0 Å². The lowest BCUT2D eigenvalue weighted by molar-refractivity contribution is -0.143. The van der Waals surface area contributed by atoms with Crippen molar-refractivity contribution < 1.29 is 14.7 Å². The van der Waals surface area contributed by atoms with Crippen LogP contribution < -0.4 is 5.32 Å². The van der Waals surface area contributed by atoms with E-state index < -0.39 is 12.0 Å². The third-order valence-electron chi connectivity index (χ3n) is 3.84. The molecule has 1 aromatic rings. The molecule has 7 heteroatoms. The fraction of sp³-hybridized carbons (Fsp3) is 0.643. The Morgan fingerprint density at radius 1 is 1.48 bits per heavy atom. The maximum absolute atomic E-state index is 12.1. The Morgan fingerprint density at radius 2 is 2.29 bits per heavy atom. The minimum Gasteiger partial charge on any atom is -0.480 e. The number of amides is 2. The minimum atomic E-state index is -0.921. The van der Waals surface area contributed by atoms with Gasteiger partial charge in [0.1, 0.15) is 6.04 Å². The van der Waals surface area contributed by atoms with Crippen molar-refractivity contribution in [1.82, 2.24) is 19.8 Å². The highest BCUT2D eigenvalue weighted by atomic mass is 16.4. The molecule has 0 aromatic carbocycles. The largest absolute Gasteiger partial charge is 0.480 e. The summed E-state index contributed by atoms with van der Waals surface area (Å²) in [6, 6.07) is -0.984. The zero-order valence-electron chi connectivity index (χ0n) is 12.2. The Morgan fingerprint density at radius 3 is 2.95 bits per heavy atom. The van der Waals surface area contributed by atoms with Crippen LogP contribution >= 0.6 is 0 Å². The number of hydrogen-bond donors (Lipinski definition) is 2. The van der Waals surface area contributed by atoms with Crippen molar-refractivity contribution in [3.8, 4) is 0 Å². The molecule has 2 amide bonds. The molecule has 0 aliphatic carbocycles. The van der Waals surface area contributed by atoms with Gasteiger partial charge in [-0.2, -0.15) is 0 Å². The van der Waals surface area contributed by atoms with E-state index in [0.29, 0.717) is 25.4 Å². The summed E-state index contributed by atoms with van der Waals surface area (Å²) in [7, 11) is 0. The molecule has 1 aliphatic heterocycles. The van der Waals surface area contributed by atoms with Crippen LogP contribution in [0.25, 0.3) is 0 Å². The number of carboxylic acid groups (broad SMARTS) is 1.